The van der Waals surface area contributed by atoms with Gasteiger partial charge >= 0.3 is 5.97 Å². The summed E-state index contributed by atoms with van der Waals surface area (Å²) in [6.07, 6.45) is 1.65. The van der Waals surface area contributed by atoms with Gasteiger partial charge in [0.05, 0.1) is 5.69 Å². The van der Waals surface area contributed by atoms with E-state index in [1.807, 2.05) is 6.07 Å². The third-order valence-corrected chi connectivity index (χ3v) is 3.62. The summed E-state index contributed by atoms with van der Waals surface area (Å²) in [4.78, 5) is 15.9. The third kappa shape index (κ3) is 2.10. The summed E-state index contributed by atoms with van der Waals surface area (Å²) in [5.74, 6) is -1.06. The molecule has 1 aromatic heterocycles. The number of halogens is 1. The van der Waals surface area contributed by atoms with Gasteiger partial charge in [-0.2, -0.15) is 0 Å². The van der Waals surface area contributed by atoms with E-state index in [1.165, 1.54) is 0 Å². The third-order valence-electron chi connectivity index (χ3n) is 3.13. The summed E-state index contributed by atoms with van der Waals surface area (Å²) in [6.45, 7) is 0.286. The number of carboxylic acids is 1. The van der Waals surface area contributed by atoms with E-state index in [9.17, 15) is 9.90 Å². The van der Waals surface area contributed by atoms with Gasteiger partial charge in [0.15, 0.2) is 0 Å². The number of aromatic nitrogens is 1. The molecule has 0 saturated carbocycles. The summed E-state index contributed by atoms with van der Waals surface area (Å²) in [6, 6.07) is 8.94. The Labute approximate surface area is 118 Å². The maximum Gasteiger partial charge on any atom is 0.315 e. The number of benzene rings is 1. The van der Waals surface area contributed by atoms with Crippen LogP contribution in [0, 0.1) is 0 Å². The summed E-state index contributed by atoms with van der Waals surface area (Å²) in [7, 11) is 0. The molecule has 0 fully saturated rings. The predicted octanol–water partition coefficient (Wildman–Crippen LogP) is 2.95. The Morgan fingerprint density at radius 2 is 2.21 bits per heavy atom. The summed E-state index contributed by atoms with van der Waals surface area (Å²) in [5.41, 5.74) is 2.00. The normalized spacial score (nSPS) is 16.8. The fraction of sp³-hybridized carbons (Fsp3) is 0.143. The zero-order valence-electron chi connectivity index (χ0n) is 9.84. The monoisotopic (exact) mass is 319 g/mol. The lowest BCUT2D eigenvalue weighted by atomic mass is 9.90. The molecule has 1 N–H and O–H groups in total. The number of rotatable bonds is 1. The fourth-order valence-corrected chi connectivity index (χ4v) is 2.67. The molecule has 0 bridgehead atoms. The fourth-order valence-electron chi connectivity index (χ4n) is 2.29. The Hall–Kier alpha value is -1.88. The van der Waals surface area contributed by atoms with Crippen molar-refractivity contribution in [1.82, 2.24) is 4.98 Å². The molecular weight excluding hydrogens is 310 g/mol. The number of carboxylic acid groups (broad SMARTS) is 1. The van der Waals surface area contributed by atoms with Crippen LogP contribution < -0.4 is 4.74 Å². The minimum atomic E-state index is -0.904. The van der Waals surface area contributed by atoms with Crippen LogP contribution in [0.4, 0.5) is 0 Å². The topological polar surface area (TPSA) is 59.4 Å². The number of ether oxygens (including phenoxy) is 1. The van der Waals surface area contributed by atoms with Gasteiger partial charge in [-0.3, -0.25) is 9.78 Å². The first-order valence-electron chi connectivity index (χ1n) is 5.75. The number of pyridine rings is 1. The minimum Gasteiger partial charge on any atom is -0.487 e. The number of fused-ring (bicyclic) bond motifs is 2. The van der Waals surface area contributed by atoms with E-state index < -0.39 is 11.9 Å². The van der Waals surface area contributed by atoms with Crippen LogP contribution in [-0.2, 0) is 11.4 Å². The molecule has 0 amide bonds. The van der Waals surface area contributed by atoms with E-state index in [4.69, 9.17) is 4.74 Å². The quantitative estimate of drug-likeness (QED) is 0.878. The van der Waals surface area contributed by atoms with Crippen molar-refractivity contribution in [3.63, 3.8) is 0 Å². The van der Waals surface area contributed by atoms with Crippen LogP contribution >= 0.6 is 15.9 Å². The lowest BCUT2D eigenvalue weighted by Gasteiger charge is -2.14. The average Bonchev–Trinajstić information content (AvgIpc) is 2.54. The molecule has 0 radical (unpaired) electrons. The molecule has 1 aliphatic heterocycles. The van der Waals surface area contributed by atoms with Crippen LogP contribution in [0.1, 0.15) is 22.7 Å². The van der Waals surface area contributed by atoms with E-state index in [1.54, 1.807) is 30.5 Å². The molecule has 4 nitrogen and oxygen atoms in total. The van der Waals surface area contributed by atoms with E-state index >= 15 is 0 Å². The predicted molar refractivity (Wildman–Crippen MR) is 72.2 cm³/mol. The van der Waals surface area contributed by atoms with Crippen LogP contribution in [0.2, 0.25) is 0 Å². The van der Waals surface area contributed by atoms with Crippen molar-refractivity contribution in [2.45, 2.75) is 12.5 Å². The number of hydrogen-bond donors (Lipinski definition) is 1. The maximum atomic E-state index is 11.6. The van der Waals surface area contributed by atoms with E-state index in [0.717, 1.165) is 4.47 Å². The van der Waals surface area contributed by atoms with Gasteiger partial charge in [-0.25, -0.2) is 0 Å². The van der Waals surface area contributed by atoms with E-state index in [0.29, 0.717) is 22.6 Å². The second kappa shape index (κ2) is 4.66. The number of aliphatic carboxylic acids is 1. The molecule has 96 valence electrons. The van der Waals surface area contributed by atoms with Crippen molar-refractivity contribution in [1.29, 1.82) is 0 Å². The van der Waals surface area contributed by atoms with Crippen LogP contribution in [0.3, 0.4) is 0 Å². The molecule has 5 heteroatoms. The average molecular weight is 320 g/mol. The molecule has 1 aromatic carbocycles. The van der Waals surface area contributed by atoms with Gasteiger partial charge in [0.25, 0.3) is 0 Å². The highest BCUT2D eigenvalue weighted by atomic mass is 79.9. The van der Waals surface area contributed by atoms with Gasteiger partial charge in [-0.1, -0.05) is 22.0 Å². The highest BCUT2D eigenvalue weighted by Crippen LogP contribution is 2.38. The van der Waals surface area contributed by atoms with Crippen molar-refractivity contribution in [2.24, 2.45) is 0 Å². The Bertz CT molecular complexity index is 657. The molecule has 2 heterocycles. The number of nitrogens with zero attached hydrogens (tertiary/aromatic N) is 1. The first-order chi connectivity index (χ1) is 9.16. The van der Waals surface area contributed by atoms with Crippen molar-refractivity contribution < 1.29 is 14.6 Å². The van der Waals surface area contributed by atoms with Crippen LogP contribution in [0.25, 0.3) is 0 Å². The SMILES string of the molecule is O=C(O)C1c2cc(Br)ccc2OCc2ncccc21. The zero-order valence-corrected chi connectivity index (χ0v) is 11.4. The van der Waals surface area contributed by atoms with Crippen LogP contribution in [0.15, 0.2) is 41.0 Å². The maximum absolute atomic E-state index is 11.6. The molecule has 0 spiro atoms. The molecule has 19 heavy (non-hydrogen) atoms. The van der Waals surface area contributed by atoms with E-state index in [-0.39, 0.29) is 6.61 Å². The Kier molecular flexibility index (Phi) is 2.98. The van der Waals surface area contributed by atoms with Gasteiger partial charge in [0, 0.05) is 16.2 Å². The molecular formula is C14H10BrNO3. The zero-order chi connectivity index (χ0) is 13.4. The molecule has 0 saturated heterocycles. The molecule has 1 aliphatic rings. The lowest BCUT2D eigenvalue weighted by molar-refractivity contribution is -0.137. The first kappa shape index (κ1) is 12.2. The van der Waals surface area contributed by atoms with Gasteiger partial charge in [0.2, 0.25) is 0 Å². The second-order valence-electron chi connectivity index (χ2n) is 4.28. The summed E-state index contributed by atoms with van der Waals surface area (Å²) in [5, 5.41) is 9.55. The molecule has 0 aliphatic carbocycles. The standard InChI is InChI=1S/C14H10BrNO3/c15-8-3-4-12-10(6-8)13(14(17)18)9-2-1-5-16-11(9)7-19-12/h1-6,13H,7H2,(H,17,18). The van der Waals surface area contributed by atoms with Crippen molar-refractivity contribution in [3.05, 3.63) is 57.8 Å². The van der Waals surface area contributed by atoms with Crippen LogP contribution in [0.5, 0.6) is 5.75 Å². The molecule has 2 aromatic rings. The highest BCUT2D eigenvalue weighted by molar-refractivity contribution is 9.10. The van der Waals surface area contributed by atoms with E-state index in [2.05, 4.69) is 20.9 Å². The first-order valence-corrected chi connectivity index (χ1v) is 6.55. The van der Waals surface area contributed by atoms with Crippen molar-refractivity contribution in [2.75, 3.05) is 0 Å². The molecule has 3 rings (SSSR count). The Balaban J connectivity index is 2.25. The van der Waals surface area contributed by atoms with Gasteiger partial charge in [-0.15, -0.1) is 0 Å². The Morgan fingerprint density at radius 3 is 3.00 bits per heavy atom. The van der Waals surface area contributed by atoms with Crippen molar-refractivity contribution >= 4 is 21.9 Å². The second-order valence-corrected chi connectivity index (χ2v) is 5.20. The largest absolute Gasteiger partial charge is 0.487 e. The smallest absolute Gasteiger partial charge is 0.315 e. The van der Waals surface area contributed by atoms with Gasteiger partial charge in [0.1, 0.15) is 18.3 Å². The molecule has 1 atom stereocenters. The van der Waals surface area contributed by atoms with Gasteiger partial charge < -0.3 is 9.84 Å². The van der Waals surface area contributed by atoms with Crippen LogP contribution in [-0.4, -0.2) is 16.1 Å². The van der Waals surface area contributed by atoms with Crippen molar-refractivity contribution in [3.8, 4) is 5.75 Å². The highest BCUT2D eigenvalue weighted by Gasteiger charge is 2.30. The number of carbonyl (C=O) groups is 1. The summed E-state index contributed by atoms with van der Waals surface area (Å²) < 4.78 is 6.49. The number of hydrogen-bond acceptors (Lipinski definition) is 3. The van der Waals surface area contributed by atoms with Gasteiger partial charge in [-0.05, 0) is 29.8 Å². The lowest BCUT2D eigenvalue weighted by Crippen LogP contribution is -2.14. The minimum absolute atomic E-state index is 0.286. The Morgan fingerprint density at radius 1 is 1.37 bits per heavy atom. The molecule has 1 unspecified atom stereocenters. The summed E-state index contributed by atoms with van der Waals surface area (Å²) >= 11 is 3.37.